The zero-order valence-corrected chi connectivity index (χ0v) is 11.6. The SMILES string of the molecule is Nc1c(Br)cc([S+]([O-])C(F)(F)CF)cc1Br. The Morgan fingerprint density at radius 3 is 2.12 bits per heavy atom. The van der Waals surface area contributed by atoms with Crippen LogP contribution in [-0.4, -0.2) is 16.5 Å². The minimum absolute atomic E-state index is 0.199. The van der Waals surface area contributed by atoms with Gasteiger partial charge in [-0.2, -0.15) is 8.78 Å². The van der Waals surface area contributed by atoms with Crippen molar-refractivity contribution in [3.8, 4) is 0 Å². The van der Waals surface area contributed by atoms with Crippen molar-refractivity contribution in [1.82, 2.24) is 0 Å². The van der Waals surface area contributed by atoms with Crippen molar-refractivity contribution in [2.75, 3.05) is 12.4 Å². The first-order chi connectivity index (χ1) is 7.29. The van der Waals surface area contributed by atoms with Crippen molar-refractivity contribution < 1.29 is 17.7 Å². The molecule has 0 aromatic heterocycles. The lowest BCUT2D eigenvalue weighted by Crippen LogP contribution is -2.31. The number of alkyl halides is 3. The molecule has 0 saturated carbocycles. The normalized spacial score (nSPS) is 13.9. The quantitative estimate of drug-likeness (QED) is 0.644. The molecule has 0 aliphatic heterocycles. The Labute approximate surface area is 110 Å². The van der Waals surface area contributed by atoms with Gasteiger partial charge in [-0.3, -0.25) is 0 Å². The molecule has 0 fully saturated rings. The highest BCUT2D eigenvalue weighted by Gasteiger charge is 2.45. The summed E-state index contributed by atoms with van der Waals surface area (Å²) in [7, 11) is 0. The fourth-order valence-corrected chi connectivity index (χ4v) is 3.27. The molecule has 0 saturated heterocycles. The van der Waals surface area contributed by atoms with Crippen LogP contribution in [0.5, 0.6) is 0 Å². The molecule has 0 aliphatic rings. The zero-order chi connectivity index (χ0) is 12.5. The van der Waals surface area contributed by atoms with Gasteiger partial charge in [-0.15, -0.1) is 0 Å². The van der Waals surface area contributed by atoms with Crippen molar-refractivity contribution in [2.24, 2.45) is 0 Å². The maximum Gasteiger partial charge on any atom is 0.440 e. The van der Waals surface area contributed by atoms with Crippen LogP contribution in [0.2, 0.25) is 0 Å². The van der Waals surface area contributed by atoms with E-state index in [4.69, 9.17) is 5.73 Å². The molecular weight excluding hydrogens is 375 g/mol. The molecule has 0 bridgehead atoms. The van der Waals surface area contributed by atoms with Crippen LogP contribution in [0.4, 0.5) is 18.9 Å². The Hall–Kier alpha value is 0.0800. The Morgan fingerprint density at radius 2 is 1.75 bits per heavy atom. The van der Waals surface area contributed by atoms with Crippen LogP contribution in [0, 0.1) is 0 Å². The average molecular weight is 381 g/mol. The van der Waals surface area contributed by atoms with E-state index in [1.807, 2.05) is 0 Å². The number of nitrogen functional groups attached to an aromatic ring is 1. The third kappa shape index (κ3) is 2.85. The second-order valence-electron chi connectivity index (χ2n) is 2.84. The van der Waals surface area contributed by atoms with Gasteiger partial charge < -0.3 is 10.3 Å². The maximum atomic E-state index is 12.9. The topological polar surface area (TPSA) is 49.1 Å². The van der Waals surface area contributed by atoms with Crippen molar-refractivity contribution in [3.05, 3.63) is 21.1 Å². The molecule has 1 atom stereocenters. The van der Waals surface area contributed by atoms with Gasteiger partial charge >= 0.3 is 5.25 Å². The minimum atomic E-state index is -3.89. The van der Waals surface area contributed by atoms with E-state index in [0.29, 0.717) is 14.6 Å². The lowest BCUT2D eigenvalue weighted by Gasteiger charge is -2.18. The summed E-state index contributed by atoms with van der Waals surface area (Å²) in [6.45, 7) is -1.97. The van der Waals surface area contributed by atoms with Gasteiger partial charge in [-0.05, 0) is 31.9 Å². The predicted molar refractivity (Wildman–Crippen MR) is 63.6 cm³/mol. The van der Waals surface area contributed by atoms with Crippen LogP contribution >= 0.6 is 31.9 Å². The maximum absolute atomic E-state index is 12.9. The molecule has 8 heteroatoms. The summed E-state index contributed by atoms with van der Waals surface area (Å²) in [5.74, 6) is 0. The van der Waals surface area contributed by atoms with E-state index in [1.54, 1.807) is 0 Å². The summed E-state index contributed by atoms with van der Waals surface area (Å²) in [6.07, 6.45) is 0. The molecular formula is C8H6Br2F3NOS. The molecule has 1 aromatic rings. The summed E-state index contributed by atoms with van der Waals surface area (Å²) in [6, 6.07) is 2.36. The number of halogens is 5. The molecule has 1 aromatic carbocycles. The lowest BCUT2D eigenvalue weighted by atomic mass is 10.3. The van der Waals surface area contributed by atoms with Gasteiger partial charge in [-0.1, -0.05) is 0 Å². The number of hydrogen-bond donors (Lipinski definition) is 1. The van der Waals surface area contributed by atoms with Crippen molar-refractivity contribution in [2.45, 2.75) is 10.2 Å². The molecule has 0 spiro atoms. The summed E-state index contributed by atoms with van der Waals surface area (Å²) in [5.41, 5.74) is 5.83. The molecule has 0 radical (unpaired) electrons. The number of benzene rings is 1. The number of hydrogen-bond acceptors (Lipinski definition) is 2. The highest BCUT2D eigenvalue weighted by Crippen LogP contribution is 2.36. The smallest absolute Gasteiger partial charge is 0.440 e. The Bertz CT molecular complexity index is 382. The number of nitrogens with two attached hydrogens (primary N) is 1. The van der Waals surface area contributed by atoms with Crippen molar-refractivity contribution in [3.63, 3.8) is 0 Å². The van der Waals surface area contributed by atoms with Gasteiger partial charge in [0, 0.05) is 21.1 Å². The van der Waals surface area contributed by atoms with Gasteiger partial charge in [-0.25, -0.2) is 4.39 Å². The number of anilines is 1. The zero-order valence-electron chi connectivity index (χ0n) is 7.65. The Kier molecular flexibility index (Phi) is 4.56. The van der Waals surface area contributed by atoms with E-state index in [2.05, 4.69) is 31.9 Å². The van der Waals surface area contributed by atoms with Gasteiger partial charge in [0.1, 0.15) is 0 Å². The van der Waals surface area contributed by atoms with Gasteiger partial charge in [0.05, 0.1) is 16.9 Å². The first kappa shape index (κ1) is 14.1. The molecule has 0 amide bonds. The van der Waals surface area contributed by atoms with Crippen LogP contribution in [0.15, 0.2) is 26.0 Å². The first-order valence-electron chi connectivity index (χ1n) is 3.90. The second-order valence-corrected chi connectivity index (χ2v) is 6.16. The fourth-order valence-electron chi connectivity index (χ4n) is 0.890. The average Bonchev–Trinajstić information content (AvgIpc) is 2.24. The minimum Gasteiger partial charge on any atom is -0.607 e. The van der Waals surface area contributed by atoms with E-state index in [-0.39, 0.29) is 4.90 Å². The van der Waals surface area contributed by atoms with Crippen molar-refractivity contribution in [1.29, 1.82) is 0 Å². The molecule has 1 rings (SSSR count). The van der Waals surface area contributed by atoms with Crippen LogP contribution < -0.4 is 5.73 Å². The Balaban J connectivity index is 3.15. The third-order valence-electron chi connectivity index (χ3n) is 1.69. The van der Waals surface area contributed by atoms with Crippen LogP contribution in [-0.2, 0) is 11.2 Å². The molecule has 0 aliphatic carbocycles. The van der Waals surface area contributed by atoms with Gasteiger partial charge in [0.15, 0.2) is 4.90 Å². The molecule has 90 valence electrons. The Morgan fingerprint density at radius 1 is 1.31 bits per heavy atom. The second kappa shape index (κ2) is 5.16. The van der Waals surface area contributed by atoms with E-state index in [1.165, 1.54) is 12.1 Å². The molecule has 2 N–H and O–H groups in total. The molecule has 16 heavy (non-hydrogen) atoms. The predicted octanol–water partition coefficient (Wildman–Crippen LogP) is 3.46. The van der Waals surface area contributed by atoms with Crippen molar-refractivity contribution >= 4 is 48.7 Å². The fraction of sp³-hybridized carbons (Fsp3) is 0.250. The molecule has 1 unspecified atom stereocenters. The van der Waals surface area contributed by atoms with Crippen LogP contribution in [0.1, 0.15) is 0 Å². The standard InChI is InChI=1S/C8H6Br2F3NOS/c9-5-1-4(2-6(10)7(5)14)16(15)8(12,13)3-11/h1-2H,3,14H2. The van der Waals surface area contributed by atoms with Gasteiger partial charge in [0.2, 0.25) is 6.67 Å². The van der Waals surface area contributed by atoms with E-state index >= 15 is 0 Å². The van der Waals surface area contributed by atoms with E-state index in [9.17, 15) is 17.7 Å². The highest BCUT2D eigenvalue weighted by atomic mass is 79.9. The van der Waals surface area contributed by atoms with Gasteiger partial charge in [0.25, 0.3) is 0 Å². The van der Waals surface area contributed by atoms with E-state index < -0.39 is 23.1 Å². The largest absolute Gasteiger partial charge is 0.607 e. The highest BCUT2D eigenvalue weighted by molar-refractivity contribution is 9.11. The molecule has 0 heterocycles. The summed E-state index contributed by atoms with van der Waals surface area (Å²) in [5, 5.41) is -3.89. The molecule has 2 nitrogen and oxygen atoms in total. The van der Waals surface area contributed by atoms with Crippen LogP contribution in [0.3, 0.4) is 0 Å². The monoisotopic (exact) mass is 379 g/mol. The number of rotatable bonds is 3. The van der Waals surface area contributed by atoms with Crippen LogP contribution in [0.25, 0.3) is 0 Å². The lowest BCUT2D eigenvalue weighted by molar-refractivity contribution is 0.0620. The third-order valence-corrected chi connectivity index (χ3v) is 4.32. The summed E-state index contributed by atoms with van der Waals surface area (Å²) >= 11 is 3.31. The summed E-state index contributed by atoms with van der Waals surface area (Å²) in [4.78, 5) is -0.199. The van der Waals surface area contributed by atoms with E-state index in [0.717, 1.165) is 0 Å². The summed E-state index contributed by atoms with van der Waals surface area (Å²) < 4.78 is 49.7. The first-order valence-corrected chi connectivity index (χ1v) is 6.63.